The summed E-state index contributed by atoms with van der Waals surface area (Å²) in [4.78, 5) is 15.4. The standard InChI is InChI=1S/C22H25BrN2O3S/c1-15-3-4-16(2)21(13-15)29(27,28)24-10-7-17(8-11-24)22(26)25-12-9-18-14-19(23)5-6-20(18)25/h3-6,13-14,17H,7-12H2,1-2H3. The van der Waals surface area contributed by atoms with Crippen LogP contribution in [0, 0.1) is 19.8 Å². The van der Waals surface area contributed by atoms with Gasteiger partial charge in [0.05, 0.1) is 4.90 Å². The van der Waals surface area contributed by atoms with Crippen LogP contribution >= 0.6 is 15.9 Å². The third-order valence-electron chi connectivity index (χ3n) is 5.97. The van der Waals surface area contributed by atoms with Gasteiger partial charge in [-0.15, -0.1) is 0 Å². The Morgan fingerprint density at radius 2 is 1.76 bits per heavy atom. The summed E-state index contributed by atoms with van der Waals surface area (Å²) < 4.78 is 28.8. The lowest BCUT2D eigenvalue weighted by Gasteiger charge is -2.33. The zero-order valence-corrected chi connectivity index (χ0v) is 19.1. The van der Waals surface area contributed by atoms with Gasteiger partial charge < -0.3 is 4.90 Å². The lowest BCUT2D eigenvalue weighted by Crippen LogP contribution is -2.44. The molecular weight excluding hydrogens is 452 g/mol. The molecule has 1 saturated heterocycles. The second kappa shape index (κ2) is 7.85. The molecule has 1 amide bonds. The van der Waals surface area contributed by atoms with Gasteiger partial charge in [-0.1, -0.05) is 28.1 Å². The van der Waals surface area contributed by atoms with E-state index in [4.69, 9.17) is 0 Å². The highest BCUT2D eigenvalue weighted by atomic mass is 79.9. The van der Waals surface area contributed by atoms with Crippen LogP contribution in [0.2, 0.25) is 0 Å². The fraction of sp³-hybridized carbons (Fsp3) is 0.409. The highest BCUT2D eigenvalue weighted by molar-refractivity contribution is 9.10. The van der Waals surface area contributed by atoms with Crippen LogP contribution in [0.25, 0.3) is 0 Å². The molecule has 0 bridgehead atoms. The molecule has 0 saturated carbocycles. The number of carbonyl (C=O) groups excluding carboxylic acids is 1. The summed E-state index contributed by atoms with van der Waals surface area (Å²) in [5.41, 5.74) is 3.86. The first-order chi connectivity index (χ1) is 13.8. The van der Waals surface area contributed by atoms with Gasteiger partial charge in [-0.2, -0.15) is 4.31 Å². The second-order valence-corrected chi connectivity index (χ2v) is 10.8. The Morgan fingerprint density at radius 1 is 1.03 bits per heavy atom. The number of rotatable bonds is 3. The molecule has 0 atom stereocenters. The van der Waals surface area contributed by atoms with Crippen LogP contribution in [0.15, 0.2) is 45.8 Å². The van der Waals surface area contributed by atoms with Crippen molar-refractivity contribution in [2.45, 2.75) is 38.0 Å². The maximum atomic E-state index is 13.1. The first-order valence-electron chi connectivity index (χ1n) is 9.94. The van der Waals surface area contributed by atoms with Gasteiger partial charge in [-0.05, 0) is 74.1 Å². The van der Waals surface area contributed by atoms with E-state index in [2.05, 4.69) is 22.0 Å². The molecule has 0 radical (unpaired) electrons. The minimum absolute atomic E-state index is 0.120. The Hall–Kier alpha value is -1.70. The number of halogens is 1. The summed E-state index contributed by atoms with van der Waals surface area (Å²) in [7, 11) is -3.53. The Balaban J connectivity index is 1.46. The van der Waals surface area contributed by atoms with E-state index in [0.717, 1.165) is 27.7 Å². The summed E-state index contributed by atoms with van der Waals surface area (Å²) in [5, 5.41) is 0. The van der Waals surface area contributed by atoms with E-state index in [1.54, 1.807) is 6.07 Å². The molecule has 2 heterocycles. The number of anilines is 1. The predicted molar refractivity (Wildman–Crippen MR) is 118 cm³/mol. The lowest BCUT2D eigenvalue weighted by atomic mass is 9.96. The molecule has 29 heavy (non-hydrogen) atoms. The monoisotopic (exact) mass is 476 g/mol. The average molecular weight is 477 g/mol. The molecule has 0 spiro atoms. The molecule has 0 unspecified atom stereocenters. The van der Waals surface area contributed by atoms with Crippen LogP contribution in [0.4, 0.5) is 5.69 Å². The van der Waals surface area contributed by atoms with Crippen molar-refractivity contribution in [3.63, 3.8) is 0 Å². The number of sulfonamides is 1. The topological polar surface area (TPSA) is 57.7 Å². The van der Waals surface area contributed by atoms with Crippen LogP contribution in [-0.2, 0) is 21.2 Å². The van der Waals surface area contributed by atoms with Crippen LogP contribution in [0.5, 0.6) is 0 Å². The normalized spacial score (nSPS) is 18.1. The van der Waals surface area contributed by atoms with E-state index in [9.17, 15) is 13.2 Å². The molecule has 2 aliphatic heterocycles. The van der Waals surface area contributed by atoms with Gasteiger partial charge in [0.15, 0.2) is 0 Å². The number of nitrogens with zero attached hydrogens (tertiary/aromatic N) is 2. The maximum Gasteiger partial charge on any atom is 0.243 e. The summed E-state index contributed by atoms with van der Waals surface area (Å²) in [6, 6.07) is 11.5. The van der Waals surface area contributed by atoms with E-state index in [-0.39, 0.29) is 11.8 Å². The fourth-order valence-electron chi connectivity index (χ4n) is 4.29. The van der Waals surface area contributed by atoms with Gasteiger partial charge in [0, 0.05) is 35.7 Å². The van der Waals surface area contributed by atoms with Gasteiger partial charge in [0.2, 0.25) is 15.9 Å². The first-order valence-corrected chi connectivity index (χ1v) is 12.2. The van der Waals surface area contributed by atoms with Gasteiger partial charge >= 0.3 is 0 Å². The molecule has 5 nitrogen and oxygen atoms in total. The summed E-state index contributed by atoms with van der Waals surface area (Å²) in [6.07, 6.45) is 1.98. The number of hydrogen-bond donors (Lipinski definition) is 0. The Morgan fingerprint density at radius 3 is 2.48 bits per heavy atom. The molecule has 154 valence electrons. The predicted octanol–water partition coefficient (Wildman–Crippen LogP) is 4.06. The Kier molecular flexibility index (Phi) is 5.57. The van der Waals surface area contributed by atoms with Crippen molar-refractivity contribution in [3.05, 3.63) is 57.6 Å². The molecule has 1 fully saturated rings. The van der Waals surface area contributed by atoms with Crippen molar-refractivity contribution in [3.8, 4) is 0 Å². The van der Waals surface area contributed by atoms with Gasteiger partial charge in [-0.25, -0.2) is 8.42 Å². The average Bonchev–Trinajstić information content (AvgIpc) is 3.12. The van der Waals surface area contributed by atoms with E-state index in [1.165, 1.54) is 9.87 Å². The molecule has 0 aromatic heterocycles. The maximum absolute atomic E-state index is 13.1. The van der Waals surface area contributed by atoms with Crippen LogP contribution < -0.4 is 4.90 Å². The Labute approximate surface area is 180 Å². The smallest absolute Gasteiger partial charge is 0.243 e. The molecule has 4 rings (SSSR count). The second-order valence-electron chi connectivity index (χ2n) is 7.96. The van der Waals surface area contributed by atoms with Crippen molar-refractivity contribution < 1.29 is 13.2 Å². The largest absolute Gasteiger partial charge is 0.312 e. The van der Waals surface area contributed by atoms with Crippen molar-refractivity contribution in [1.29, 1.82) is 0 Å². The highest BCUT2D eigenvalue weighted by Gasteiger charge is 2.36. The van der Waals surface area contributed by atoms with Gasteiger partial charge in [-0.3, -0.25) is 4.79 Å². The number of hydrogen-bond acceptors (Lipinski definition) is 3. The molecule has 2 aliphatic rings. The first kappa shape index (κ1) is 20.6. The van der Waals surface area contributed by atoms with Gasteiger partial charge in [0.25, 0.3) is 0 Å². The van der Waals surface area contributed by atoms with Crippen LogP contribution in [0.3, 0.4) is 0 Å². The third-order valence-corrected chi connectivity index (χ3v) is 8.50. The highest BCUT2D eigenvalue weighted by Crippen LogP contribution is 2.34. The number of amides is 1. The number of fused-ring (bicyclic) bond motifs is 1. The van der Waals surface area contributed by atoms with E-state index < -0.39 is 10.0 Å². The Bertz CT molecular complexity index is 1060. The van der Waals surface area contributed by atoms with Crippen LogP contribution in [0.1, 0.15) is 29.5 Å². The minimum atomic E-state index is -3.53. The van der Waals surface area contributed by atoms with E-state index in [1.807, 2.05) is 43.0 Å². The SMILES string of the molecule is Cc1ccc(C)c(S(=O)(=O)N2CCC(C(=O)N3CCc4cc(Br)ccc43)CC2)c1. The summed E-state index contributed by atoms with van der Waals surface area (Å²) in [6.45, 7) is 5.19. The number of carbonyl (C=O) groups is 1. The summed E-state index contributed by atoms with van der Waals surface area (Å²) >= 11 is 3.49. The number of aryl methyl sites for hydroxylation is 2. The van der Waals surface area contributed by atoms with E-state index >= 15 is 0 Å². The molecule has 2 aromatic carbocycles. The zero-order chi connectivity index (χ0) is 20.8. The number of benzene rings is 2. The quantitative estimate of drug-likeness (QED) is 0.670. The van der Waals surface area contributed by atoms with Gasteiger partial charge in [0.1, 0.15) is 0 Å². The van der Waals surface area contributed by atoms with E-state index in [0.29, 0.717) is 37.4 Å². The summed E-state index contributed by atoms with van der Waals surface area (Å²) in [5.74, 6) is -0.00971. The van der Waals surface area contributed by atoms with Crippen molar-refractivity contribution >= 4 is 37.5 Å². The van der Waals surface area contributed by atoms with Crippen molar-refractivity contribution in [2.24, 2.45) is 5.92 Å². The van der Waals surface area contributed by atoms with Crippen LogP contribution in [-0.4, -0.2) is 38.3 Å². The van der Waals surface area contributed by atoms with Crippen molar-refractivity contribution in [1.82, 2.24) is 4.31 Å². The van der Waals surface area contributed by atoms with Crippen molar-refractivity contribution in [2.75, 3.05) is 24.5 Å². The lowest BCUT2D eigenvalue weighted by molar-refractivity contribution is -0.123. The molecule has 0 aliphatic carbocycles. The number of piperidine rings is 1. The third kappa shape index (κ3) is 3.88. The molecule has 0 N–H and O–H groups in total. The molecule has 7 heteroatoms. The molecule has 2 aromatic rings. The fourth-order valence-corrected chi connectivity index (χ4v) is 6.48. The minimum Gasteiger partial charge on any atom is -0.312 e. The molecular formula is C22H25BrN2O3S. The zero-order valence-electron chi connectivity index (χ0n) is 16.7.